The van der Waals surface area contributed by atoms with E-state index >= 15 is 0 Å². The molecule has 6 heteroatoms. The third-order valence-electron chi connectivity index (χ3n) is 4.39. The van der Waals surface area contributed by atoms with E-state index in [4.69, 9.17) is 0 Å². The first-order chi connectivity index (χ1) is 12.6. The Labute approximate surface area is 147 Å². The zero-order valence-electron chi connectivity index (χ0n) is 13.5. The third-order valence-corrected chi connectivity index (χ3v) is 4.39. The number of allylic oxidation sites excluding steroid dienone is 5. The van der Waals surface area contributed by atoms with Crippen molar-refractivity contribution in [1.82, 2.24) is 10.3 Å². The molecular formula is C20H13FN4O. The van der Waals surface area contributed by atoms with Crippen molar-refractivity contribution in [3.8, 4) is 0 Å². The number of aliphatic imine (C=N–C) groups is 2. The van der Waals surface area contributed by atoms with Crippen LogP contribution in [0.25, 0.3) is 12.2 Å². The maximum atomic E-state index is 14.7. The van der Waals surface area contributed by atoms with E-state index in [1.54, 1.807) is 18.2 Å². The summed E-state index contributed by atoms with van der Waals surface area (Å²) in [6.45, 7) is 0. The van der Waals surface area contributed by atoms with Gasteiger partial charge in [0.05, 0.1) is 22.8 Å². The predicted molar refractivity (Wildman–Crippen MR) is 98.4 cm³/mol. The number of halogens is 1. The number of nitrogens with one attached hydrogen (secondary N) is 2. The van der Waals surface area contributed by atoms with Crippen LogP contribution in [0, 0.1) is 0 Å². The number of rotatable bonds is 0. The summed E-state index contributed by atoms with van der Waals surface area (Å²) >= 11 is 0. The van der Waals surface area contributed by atoms with Crippen LogP contribution in [0.3, 0.4) is 0 Å². The van der Waals surface area contributed by atoms with Gasteiger partial charge in [0.1, 0.15) is 11.7 Å². The van der Waals surface area contributed by atoms with Gasteiger partial charge < -0.3 is 10.3 Å². The highest BCUT2D eigenvalue weighted by molar-refractivity contribution is 6.20. The van der Waals surface area contributed by atoms with Crippen LogP contribution in [0.2, 0.25) is 0 Å². The van der Waals surface area contributed by atoms with Crippen LogP contribution < -0.4 is 16.0 Å². The first-order valence-corrected chi connectivity index (χ1v) is 8.20. The minimum atomic E-state index is -0.635. The number of H-pyrrole nitrogens is 1. The lowest BCUT2D eigenvalue weighted by Crippen LogP contribution is -2.27. The molecule has 1 aromatic rings. The Balaban J connectivity index is 1.70. The van der Waals surface area contributed by atoms with E-state index in [-0.39, 0.29) is 17.2 Å². The number of hydrogen-bond acceptors (Lipinski definition) is 4. The highest BCUT2D eigenvalue weighted by atomic mass is 19.1. The lowest BCUT2D eigenvalue weighted by Gasteiger charge is -2.08. The predicted octanol–water partition coefficient (Wildman–Crippen LogP) is 1.10. The lowest BCUT2D eigenvalue weighted by molar-refractivity contribution is -0.114. The molecule has 0 radical (unpaired) electrons. The van der Waals surface area contributed by atoms with Gasteiger partial charge in [-0.3, -0.25) is 4.79 Å². The third kappa shape index (κ3) is 2.52. The summed E-state index contributed by atoms with van der Waals surface area (Å²) in [5.74, 6) is -0.752. The molecule has 5 rings (SSSR count). The van der Waals surface area contributed by atoms with Gasteiger partial charge in [-0.25, -0.2) is 14.4 Å². The van der Waals surface area contributed by atoms with Crippen molar-refractivity contribution in [2.24, 2.45) is 9.98 Å². The quantitative estimate of drug-likeness (QED) is 0.740. The monoisotopic (exact) mass is 344 g/mol. The minimum Gasteiger partial charge on any atom is -0.369 e. The van der Waals surface area contributed by atoms with E-state index < -0.39 is 11.9 Å². The summed E-state index contributed by atoms with van der Waals surface area (Å²) in [4.78, 5) is 24.2. The lowest BCUT2D eigenvalue weighted by atomic mass is 10.2. The van der Waals surface area contributed by atoms with Crippen LogP contribution in [0.15, 0.2) is 81.5 Å². The number of hydrogen-bond donors (Lipinski definition) is 2. The highest BCUT2D eigenvalue weighted by Gasteiger charge is 2.27. The van der Waals surface area contributed by atoms with Gasteiger partial charge in [-0.15, -0.1) is 0 Å². The van der Waals surface area contributed by atoms with E-state index in [2.05, 4.69) is 20.3 Å². The van der Waals surface area contributed by atoms with Crippen molar-refractivity contribution in [2.45, 2.75) is 6.04 Å². The Bertz CT molecular complexity index is 1180. The van der Waals surface area contributed by atoms with Crippen molar-refractivity contribution < 1.29 is 9.18 Å². The summed E-state index contributed by atoms with van der Waals surface area (Å²) in [7, 11) is 0. The van der Waals surface area contributed by atoms with Crippen LogP contribution in [-0.2, 0) is 4.79 Å². The van der Waals surface area contributed by atoms with Crippen molar-refractivity contribution >= 4 is 29.4 Å². The summed E-state index contributed by atoms with van der Waals surface area (Å²) in [6.07, 6.45) is 13.8. The number of aromatic amines is 1. The molecule has 0 fully saturated rings. The molecule has 26 heavy (non-hydrogen) atoms. The highest BCUT2D eigenvalue weighted by Crippen LogP contribution is 2.25. The number of carbonyl (C=O) groups is 1. The fourth-order valence-electron chi connectivity index (χ4n) is 3.14. The number of fused-ring (bicyclic) bond motifs is 6. The van der Waals surface area contributed by atoms with Crippen LogP contribution in [0.5, 0.6) is 0 Å². The molecule has 8 bridgehead atoms. The second-order valence-electron chi connectivity index (χ2n) is 6.27. The SMILES string of the molecule is O=C1C=C2NC1C=C1C=CC(=N1)C=c1ccc([nH]1)=CC1=NC(=C2F)C=C1. The smallest absolute Gasteiger partial charge is 0.184 e. The van der Waals surface area contributed by atoms with Crippen molar-refractivity contribution in [2.75, 3.05) is 0 Å². The maximum Gasteiger partial charge on any atom is 0.184 e. The standard InChI is InChI=1S/C20H13FN4O/c21-20-16-6-5-14(24-16)8-13-2-1-11(22-13)7-12-3-4-15(23-12)9-17-19(26)10-18(20)25-17/h1-10,17,22,25H. The van der Waals surface area contributed by atoms with Crippen LogP contribution in [0.1, 0.15) is 0 Å². The van der Waals surface area contributed by atoms with Gasteiger partial charge in [0, 0.05) is 16.8 Å². The van der Waals surface area contributed by atoms with E-state index in [0.717, 1.165) is 16.4 Å². The molecule has 0 aromatic carbocycles. The molecule has 5 nitrogen and oxygen atoms in total. The fraction of sp³-hybridized carbons (Fsp3) is 0.0500. The Morgan fingerprint density at radius 2 is 1.65 bits per heavy atom. The molecule has 0 aliphatic carbocycles. The molecule has 1 atom stereocenters. The van der Waals surface area contributed by atoms with Crippen molar-refractivity contribution in [3.05, 3.63) is 82.2 Å². The Hall–Kier alpha value is -3.54. The summed E-state index contributed by atoms with van der Waals surface area (Å²) in [5, 5.41) is 4.67. The number of aromatic nitrogens is 1. The molecule has 1 unspecified atom stereocenters. The van der Waals surface area contributed by atoms with Gasteiger partial charge >= 0.3 is 0 Å². The molecule has 4 aliphatic heterocycles. The van der Waals surface area contributed by atoms with Gasteiger partial charge in [-0.1, -0.05) is 0 Å². The van der Waals surface area contributed by atoms with Crippen LogP contribution in [0.4, 0.5) is 4.39 Å². The summed E-state index contributed by atoms with van der Waals surface area (Å²) in [6, 6.07) is 3.24. The molecule has 0 amide bonds. The maximum absolute atomic E-state index is 14.7. The minimum absolute atomic E-state index is 0.147. The molecule has 4 aliphatic rings. The first kappa shape index (κ1) is 14.8. The fourth-order valence-corrected chi connectivity index (χ4v) is 3.14. The van der Waals surface area contributed by atoms with Crippen molar-refractivity contribution in [1.29, 1.82) is 0 Å². The number of nitrogens with zero attached hydrogens (tertiary/aromatic N) is 2. The summed E-state index contributed by atoms with van der Waals surface area (Å²) in [5.41, 5.74) is 2.42. The second kappa shape index (κ2) is 5.49. The van der Waals surface area contributed by atoms with E-state index in [9.17, 15) is 9.18 Å². The first-order valence-electron chi connectivity index (χ1n) is 8.20. The molecule has 2 N–H and O–H groups in total. The molecular weight excluding hydrogens is 331 g/mol. The van der Waals surface area contributed by atoms with Gasteiger partial charge in [0.25, 0.3) is 0 Å². The largest absolute Gasteiger partial charge is 0.369 e. The Morgan fingerprint density at radius 3 is 2.46 bits per heavy atom. The van der Waals surface area contributed by atoms with Crippen LogP contribution >= 0.6 is 0 Å². The van der Waals surface area contributed by atoms with E-state index in [0.29, 0.717) is 11.4 Å². The summed E-state index contributed by atoms with van der Waals surface area (Å²) < 4.78 is 14.7. The topological polar surface area (TPSA) is 69.6 Å². The van der Waals surface area contributed by atoms with E-state index in [1.807, 2.05) is 36.4 Å². The molecule has 0 saturated heterocycles. The van der Waals surface area contributed by atoms with Crippen molar-refractivity contribution in [3.63, 3.8) is 0 Å². The average Bonchev–Trinajstić information content (AvgIpc) is 3.38. The zero-order valence-corrected chi connectivity index (χ0v) is 13.5. The van der Waals surface area contributed by atoms with Gasteiger partial charge in [-0.05, 0) is 54.7 Å². The average molecular weight is 344 g/mol. The molecule has 5 heterocycles. The second-order valence-corrected chi connectivity index (χ2v) is 6.27. The molecule has 1 aromatic heterocycles. The number of carbonyl (C=O) groups excluding carboxylic acids is 1. The van der Waals surface area contributed by atoms with Crippen LogP contribution in [-0.4, -0.2) is 28.2 Å². The molecule has 0 spiro atoms. The normalized spacial score (nSPS) is 23.1. The van der Waals surface area contributed by atoms with Gasteiger partial charge in [0.2, 0.25) is 0 Å². The Morgan fingerprint density at radius 1 is 0.923 bits per heavy atom. The Kier molecular flexibility index (Phi) is 3.12. The molecule has 0 saturated carbocycles. The number of ketones is 1. The van der Waals surface area contributed by atoms with E-state index in [1.165, 1.54) is 6.08 Å². The van der Waals surface area contributed by atoms with Gasteiger partial charge in [-0.2, -0.15) is 0 Å². The van der Waals surface area contributed by atoms with Gasteiger partial charge in [0.15, 0.2) is 11.6 Å². The zero-order chi connectivity index (χ0) is 17.7. The molecule has 126 valence electrons.